The number of aromatic amines is 1. The molecule has 0 atom stereocenters. The van der Waals surface area contributed by atoms with E-state index in [0.29, 0.717) is 16.3 Å². The normalized spacial score (nSPS) is 10.8. The number of nitrogens with one attached hydrogen (secondary N) is 2. The molecule has 2 heterocycles. The summed E-state index contributed by atoms with van der Waals surface area (Å²) in [6.45, 7) is 1.48. The van der Waals surface area contributed by atoms with E-state index in [0.717, 1.165) is 16.1 Å². The number of benzene rings is 1. The molecule has 0 aliphatic carbocycles. The van der Waals surface area contributed by atoms with Gasteiger partial charge in [-0.3, -0.25) is 9.59 Å². The van der Waals surface area contributed by atoms with Gasteiger partial charge in [0.1, 0.15) is 10.5 Å². The molecule has 0 unspecified atom stereocenters. The summed E-state index contributed by atoms with van der Waals surface area (Å²) in [5, 5.41) is 4.59. The molecule has 0 spiro atoms. The second kappa shape index (κ2) is 6.33. The number of amides is 1. The van der Waals surface area contributed by atoms with E-state index in [2.05, 4.69) is 15.3 Å². The predicted molar refractivity (Wildman–Crippen MR) is 90.5 cm³/mol. The number of thiophene rings is 1. The van der Waals surface area contributed by atoms with Crippen molar-refractivity contribution in [2.45, 2.75) is 17.6 Å². The number of aromatic nitrogens is 2. The highest BCUT2D eigenvalue weighted by molar-refractivity contribution is 7.98. The fourth-order valence-corrected chi connectivity index (χ4v) is 3.47. The fourth-order valence-electron chi connectivity index (χ4n) is 1.98. The Balaban J connectivity index is 1.70. The third-order valence-corrected chi connectivity index (χ3v) is 4.84. The summed E-state index contributed by atoms with van der Waals surface area (Å²) < 4.78 is 0.661. The number of thioether (sulfide) groups is 1. The SMILES string of the molecule is CC(=O)Nc1ccc(SCc2nc3ccsc3c(=O)[nH]2)cc1. The molecule has 0 bridgehead atoms. The number of hydrogen-bond donors (Lipinski definition) is 2. The van der Waals surface area contributed by atoms with Gasteiger partial charge in [0.05, 0.1) is 11.3 Å². The van der Waals surface area contributed by atoms with E-state index in [1.165, 1.54) is 18.3 Å². The van der Waals surface area contributed by atoms with Crippen LogP contribution in [0.2, 0.25) is 0 Å². The summed E-state index contributed by atoms with van der Waals surface area (Å²) in [5.74, 6) is 1.15. The van der Waals surface area contributed by atoms with Gasteiger partial charge in [-0.1, -0.05) is 0 Å². The zero-order valence-electron chi connectivity index (χ0n) is 11.8. The highest BCUT2D eigenvalue weighted by atomic mass is 32.2. The van der Waals surface area contributed by atoms with E-state index in [1.807, 2.05) is 35.7 Å². The molecule has 0 saturated heterocycles. The molecule has 3 aromatic rings. The average Bonchev–Trinajstić information content (AvgIpc) is 2.95. The van der Waals surface area contributed by atoms with Crippen LogP contribution in [0.25, 0.3) is 10.2 Å². The van der Waals surface area contributed by atoms with Crippen molar-refractivity contribution in [1.29, 1.82) is 0 Å². The molecule has 0 aliphatic rings. The van der Waals surface area contributed by atoms with E-state index < -0.39 is 0 Å². The number of carbonyl (C=O) groups excluding carboxylic acids is 1. The number of carbonyl (C=O) groups is 1. The fraction of sp³-hybridized carbons (Fsp3) is 0.133. The van der Waals surface area contributed by atoms with Crippen molar-refractivity contribution in [3.63, 3.8) is 0 Å². The van der Waals surface area contributed by atoms with Crippen molar-refractivity contribution >= 4 is 44.9 Å². The minimum Gasteiger partial charge on any atom is -0.326 e. The number of nitrogens with zero attached hydrogens (tertiary/aromatic N) is 1. The molecule has 7 heteroatoms. The zero-order valence-corrected chi connectivity index (χ0v) is 13.4. The lowest BCUT2D eigenvalue weighted by Gasteiger charge is -2.04. The summed E-state index contributed by atoms with van der Waals surface area (Å²) in [6, 6.07) is 9.41. The Labute approximate surface area is 134 Å². The number of hydrogen-bond acceptors (Lipinski definition) is 5. The van der Waals surface area contributed by atoms with Crippen molar-refractivity contribution in [1.82, 2.24) is 9.97 Å². The van der Waals surface area contributed by atoms with Gasteiger partial charge in [-0.25, -0.2) is 4.98 Å². The standard InChI is InChI=1S/C15H13N3O2S2/c1-9(19)16-10-2-4-11(5-3-10)22-8-13-17-12-6-7-21-14(12)15(20)18-13/h2-7H,8H2,1H3,(H,16,19)(H,17,18,20). The minimum absolute atomic E-state index is 0.0865. The van der Waals surface area contributed by atoms with Crippen LogP contribution in [-0.2, 0) is 10.5 Å². The first-order valence-corrected chi connectivity index (χ1v) is 8.45. The lowest BCUT2D eigenvalue weighted by Crippen LogP contribution is -2.09. The van der Waals surface area contributed by atoms with Crippen LogP contribution in [0.5, 0.6) is 0 Å². The van der Waals surface area contributed by atoms with Crippen molar-refractivity contribution in [3.05, 3.63) is 51.9 Å². The third kappa shape index (κ3) is 3.37. The molecular weight excluding hydrogens is 318 g/mol. The van der Waals surface area contributed by atoms with Gasteiger partial charge >= 0.3 is 0 Å². The van der Waals surface area contributed by atoms with Crippen molar-refractivity contribution in [3.8, 4) is 0 Å². The molecule has 0 fully saturated rings. The first-order valence-electron chi connectivity index (χ1n) is 6.59. The third-order valence-electron chi connectivity index (χ3n) is 2.91. The minimum atomic E-state index is -0.0914. The smallest absolute Gasteiger partial charge is 0.268 e. The Bertz CT molecular complexity index is 868. The summed E-state index contributed by atoms with van der Waals surface area (Å²) in [4.78, 5) is 31.2. The first-order chi connectivity index (χ1) is 10.6. The molecule has 1 aromatic carbocycles. The highest BCUT2D eigenvalue weighted by Crippen LogP contribution is 2.23. The van der Waals surface area contributed by atoms with Gasteiger partial charge in [0.15, 0.2) is 0 Å². The van der Waals surface area contributed by atoms with Gasteiger partial charge in [-0.05, 0) is 35.7 Å². The van der Waals surface area contributed by atoms with E-state index in [4.69, 9.17) is 0 Å². The second-order valence-electron chi connectivity index (χ2n) is 4.64. The molecule has 2 N–H and O–H groups in total. The largest absolute Gasteiger partial charge is 0.326 e. The van der Waals surface area contributed by atoms with E-state index in [-0.39, 0.29) is 11.5 Å². The van der Waals surface area contributed by atoms with Crippen LogP contribution < -0.4 is 10.9 Å². The van der Waals surface area contributed by atoms with Crippen molar-refractivity contribution in [2.75, 3.05) is 5.32 Å². The topological polar surface area (TPSA) is 74.8 Å². The van der Waals surface area contributed by atoms with Gasteiger partial charge in [-0.2, -0.15) is 0 Å². The second-order valence-corrected chi connectivity index (χ2v) is 6.61. The number of fused-ring (bicyclic) bond motifs is 1. The maximum atomic E-state index is 11.9. The number of H-pyrrole nitrogens is 1. The molecule has 3 rings (SSSR count). The molecule has 1 amide bonds. The van der Waals surface area contributed by atoms with Crippen LogP contribution in [0.3, 0.4) is 0 Å². The molecular formula is C15H13N3O2S2. The van der Waals surface area contributed by atoms with Gasteiger partial charge in [0, 0.05) is 17.5 Å². The van der Waals surface area contributed by atoms with E-state index in [9.17, 15) is 9.59 Å². The Morgan fingerprint density at radius 3 is 2.82 bits per heavy atom. The molecule has 2 aromatic heterocycles. The van der Waals surface area contributed by atoms with E-state index in [1.54, 1.807) is 11.8 Å². The number of anilines is 1. The van der Waals surface area contributed by atoms with Crippen molar-refractivity contribution in [2.24, 2.45) is 0 Å². The summed E-state index contributed by atoms with van der Waals surface area (Å²) >= 11 is 2.97. The van der Waals surface area contributed by atoms with E-state index >= 15 is 0 Å². The van der Waals surface area contributed by atoms with Crippen LogP contribution >= 0.6 is 23.1 Å². The molecule has 22 heavy (non-hydrogen) atoms. The molecule has 112 valence electrons. The Kier molecular flexibility index (Phi) is 4.26. The Morgan fingerprint density at radius 2 is 2.09 bits per heavy atom. The molecule has 5 nitrogen and oxygen atoms in total. The summed E-state index contributed by atoms with van der Waals surface area (Å²) in [5.41, 5.74) is 1.42. The number of rotatable bonds is 4. The maximum absolute atomic E-state index is 11.9. The van der Waals surface area contributed by atoms with Crippen molar-refractivity contribution < 1.29 is 4.79 Å². The quantitative estimate of drug-likeness (QED) is 0.720. The average molecular weight is 331 g/mol. The van der Waals surface area contributed by atoms with Gasteiger partial charge in [0.2, 0.25) is 5.91 Å². The lowest BCUT2D eigenvalue weighted by atomic mass is 10.3. The Morgan fingerprint density at radius 1 is 1.32 bits per heavy atom. The molecule has 0 aliphatic heterocycles. The van der Waals surface area contributed by atoms with Gasteiger partial charge in [-0.15, -0.1) is 23.1 Å². The van der Waals surface area contributed by atoms with Gasteiger partial charge in [0.25, 0.3) is 5.56 Å². The predicted octanol–water partition coefficient (Wildman–Crippen LogP) is 3.24. The monoisotopic (exact) mass is 331 g/mol. The first kappa shape index (κ1) is 14.8. The van der Waals surface area contributed by atoms with Crippen LogP contribution in [0.1, 0.15) is 12.7 Å². The Hall–Kier alpha value is -2.12. The lowest BCUT2D eigenvalue weighted by molar-refractivity contribution is -0.114. The molecule has 0 radical (unpaired) electrons. The van der Waals surface area contributed by atoms with Crippen LogP contribution in [0.4, 0.5) is 5.69 Å². The zero-order chi connectivity index (χ0) is 15.5. The van der Waals surface area contributed by atoms with Crippen LogP contribution in [0.15, 0.2) is 45.4 Å². The molecule has 0 saturated carbocycles. The van der Waals surface area contributed by atoms with Crippen LogP contribution in [-0.4, -0.2) is 15.9 Å². The van der Waals surface area contributed by atoms with Gasteiger partial charge < -0.3 is 10.3 Å². The summed E-state index contributed by atoms with van der Waals surface area (Å²) in [6.07, 6.45) is 0. The summed E-state index contributed by atoms with van der Waals surface area (Å²) in [7, 11) is 0. The van der Waals surface area contributed by atoms with Crippen LogP contribution in [0, 0.1) is 0 Å². The maximum Gasteiger partial charge on any atom is 0.268 e. The highest BCUT2D eigenvalue weighted by Gasteiger charge is 2.05.